The maximum absolute atomic E-state index is 11.7. The van der Waals surface area contributed by atoms with Gasteiger partial charge < -0.3 is 4.43 Å². The molecule has 0 rings (SSSR count). The maximum atomic E-state index is 11.7. The molecule has 1 atom stereocenters. The number of hydrogen-bond donors (Lipinski definition) is 0. The van der Waals surface area contributed by atoms with Crippen molar-refractivity contribution in [2.24, 2.45) is 5.92 Å². The van der Waals surface area contributed by atoms with Gasteiger partial charge >= 0.3 is 0 Å². The second-order valence-corrected chi connectivity index (χ2v) is 14.0. The van der Waals surface area contributed by atoms with Gasteiger partial charge in [0.05, 0.1) is 0 Å². The van der Waals surface area contributed by atoms with E-state index in [4.69, 9.17) is 4.43 Å². The van der Waals surface area contributed by atoms with Gasteiger partial charge in [0.25, 0.3) is 5.97 Å². The maximum Gasteiger partial charge on any atom is 0.292 e. The first-order valence-electron chi connectivity index (χ1n) is 12.1. The largest absolute Gasteiger partial charge is 0.520 e. The highest BCUT2D eigenvalue weighted by molar-refractivity contribution is 6.71. The molecule has 0 spiro atoms. The molecular formula is C24H50O2Si. The minimum Gasteiger partial charge on any atom is -0.520 e. The Hall–Kier alpha value is -0.313. The van der Waals surface area contributed by atoms with E-state index in [2.05, 4.69) is 33.5 Å². The monoisotopic (exact) mass is 398 g/mol. The van der Waals surface area contributed by atoms with Crippen LogP contribution in [0.2, 0.25) is 19.6 Å². The zero-order valence-electron chi connectivity index (χ0n) is 19.4. The van der Waals surface area contributed by atoms with E-state index >= 15 is 0 Å². The summed E-state index contributed by atoms with van der Waals surface area (Å²) in [5.41, 5.74) is 0. The molecule has 0 saturated carbocycles. The van der Waals surface area contributed by atoms with Crippen molar-refractivity contribution in [2.45, 2.75) is 143 Å². The standard InChI is InChI=1S/C24H50O2Si/c1-6-7-8-9-10-11-12-13-14-17-20-23(2)21-18-15-16-19-22-24(25)26-27(3,4)5/h23H,6-22H2,1-5H3. The predicted molar refractivity (Wildman–Crippen MR) is 123 cm³/mol. The van der Waals surface area contributed by atoms with Crippen molar-refractivity contribution in [3.63, 3.8) is 0 Å². The van der Waals surface area contributed by atoms with Crippen LogP contribution >= 0.6 is 0 Å². The van der Waals surface area contributed by atoms with Crippen LogP contribution in [-0.4, -0.2) is 14.3 Å². The van der Waals surface area contributed by atoms with Crippen molar-refractivity contribution in [1.82, 2.24) is 0 Å². The molecule has 0 aliphatic carbocycles. The first kappa shape index (κ1) is 26.7. The summed E-state index contributed by atoms with van der Waals surface area (Å²) in [4.78, 5) is 11.7. The van der Waals surface area contributed by atoms with Crippen molar-refractivity contribution in [3.05, 3.63) is 0 Å². The SMILES string of the molecule is CCCCCCCCCCCCC(C)CCCCCCC(=O)O[Si](C)(C)C. The van der Waals surface area contributed by atoms with Gasteiger partial charge in [0.2, 0.25) is 8.32 Å². The van der Waals surface area contributed by atoms with E-state index in [1.165, 1.54) is 96.3 Å². The Balaban J connectivity index is 3.30. The Labute approximate surface area is 172 Å². The summed E-state index contributed by atoms with van der Waals surface area (Å²) >= 11 is 0. The molecule has 162 valence electrons. The fourth-order valence-electron chi connectivity index (χ4n) is 3.63. The number of carbonyl (C=O) groups excluding carboxylic acids is 1. The van der Waals surface area contributed by atoms with E-state index in [0.717, 1.165) is 12.3 Å². The molecule has 2 nitrogen and oxygen atoms in total. The summed E-state index contributed by atoms with van der Waals surface area (Å²) in [6.45, 7) is 10.9. The molecule has 0 saturated heterocycles. The molecule has 0 aromatic carbocycles. The van der Waals surface area contributed by atoms with Crippen LogP contribution in [0.4, 0.5) is 0 Å². The fourth-order valence-corrected chi connectivity index (χ4v) is 4.42. The lowest BCUT2D eigenvalue weighted by Crippen LogP contribution is -2.28. The van der Waals surface area contributed by atoms with Crippen molar-refractivity contribution in [2.75, 3.05) is 0 Å². The molecule has 0 fully saturated rings. The normalized spacial score (nSPS) is 12.9. The highest BCUT2D eigenvalue weighted by Crippen LogP contribution is 2.19. The van der Waals surface area contributed by atoms with E-state index in [9.17, 15) is 4.79 Å². The highest BCUT2D eigenvalue weighted by atomic mass is 28.4. The van der Waals surface area contributed by atoms with Crippen LogP contribution in [0.25, 0.3) is 0 Å². The molecule has 0 aromatic rings. The van der Waals surface area contributed by atoms with E-state index < -0.39 is 8.32 Å². The molecule has 1 unspecified atom stereocenters. The first-order valence-corrected chi connectivity index (χ1v) is 15.5. The zero-order valence-corrected chi connectivity index (χ0v) is 20.4. The molecule has 3 heteroatoms. The molecule has 0 aliphatic heterocycles. The number of carbonyl (C=O) groups is 1. The third-order valence-corrected chi connectivity index (χ3v) is 6.14. The minimum absolute atomic E-state index is 0.0171. The van der Waals surface area contributed by atoms with E-state index in [1.54, 1.807) is 0 Å². The number of unbranched alkanes of at least 4 members (excludes halogenated alkanes) is 12. The molecule has 0 N–H and O–H groups in total. The lowest BCUT2D eigenvalue weighted by atomic mass is 9.96. The third-order valence-electron chi connectivity index (χ3n) is 5.30. The Morgan fingerprint density at radius 1 is 0.704 bits per heavy atom. The molecule has 0 radical (unpaired) electrons. The van der Waals surface area contributed by atoms with Crippen molar-refractivity contribution in [3.8, 4) is 0 Å². The van der Waals surface area contributed by atoms with Gasteiger partial charge in [0, 0.05) is 6.42 Å². The number of hydrogen-bond acceptors (Lipinski definition) is 2. The summed E-state index contributed by atoms with van der Waals surface area (Å²) < 4.78 is 5.48. The average molecular weight is 399 g/mol. The van der Waals surface area contributed by atoms with Crippen LogP contribution in [0.1, 0.15) is 123 Å². The van der Waals surface area contributed by atoms with E-state index in [-0.39, 0.29) is 5.97 Å². The second kappa shape index (κ2) is 17.8. The molecule has 0 aliphatic rings. The summed E-state index contributed by atoms with van der Waals surface area (Å²) in [5.74, 6) is 0.888. The van der Waals surface area contributed by atoms with Gasteiger partial charge in [-0.25, -0.2) is 0 Å². The Morgan fingerprint density at radius 3 is 1.56 bits per heavy atom. The van der Waals surface area contributed by atoms with Crippen molar-refractivity contribution < 1.29 is 9.22 Å². The van der Waals surface area contributed by atoms with Crippen LogP contribution in [0, 0.1) is 5.92 Å². The Bertz CT molecular complexity index is 336. The van der Waals surface area contributed by atoms with Gasteiger partial charge in [-0.3, -0.25) is 4.79 Å². The molecule has 27 heavy (non-hydrogen) atoms. The fraction of sp³-hybridized carbons (Fsp3) is 0.958. The van der Waals surface area contributed by atoms with Crippen LogP contribution < -0.4 is 0 Å². The number of rotatable bonds is 19. The summed E-state index contributed by atoms with van der Waals surface area (Å²) in [7, 11) is -1.69. The van der Waals surface area contributed by atoms with E-state index in [1.807, 2.05) is 0 Å². The average Bonchev–Trinajstić information content (AvgIpc) is 2.58. The van der Waals surface area contributed by atoms with Gasteiger partial charge in [0.15, 0.2) is 0 Å². The van der Waals surface area contributed by atoms with Gasteiger partial charge in [-0.15, -0.1) is 0 Å². The summed E-state index contributed by atoms with van der Waals surface area (Å²) in [6.07, 6.45) is 22.4. The Morgan fingerprint density at radius 2 is 1.11 bits per heavy atom. The lowest BCUT2D eigenvalue weighted by Gasteiger charge is -2.17. The molecule has 0 aromatic heterocycles. The third kappa shape index (κ3) is 21.8. The van der Waals surface area contributed by atoms with Crippen LogP contribution in [0.15, 0.2) is 0 Å². The van der Waals surface area contributed by atoms with Gasteiger partial charge in [-0.05, 0) is 32.0 Å². The molecule has 0 amide bonds. The smallest absolute Gasteiger partial charge is 0.292 e. The van der Waals surface area contributed by atoms with Crippen LogP contribution in [0.5, 0.6) is 0 Å². The summed E-state index contributed by atoms with van der Waals surface area (Å²) in [6, 6.07) is 0. The lowest BCUT2D eigenvalue weighted by molar-refractivity contribution is -0.135. The Kier molecular flexibility index (Phi) is 17.6. The predicted octanol–water partition coefficient (Wildman–Crippen LogP) is 8.65. The van der Waals surface area contributed by atoms with Gasteiger partial charge in [-0.2, -0.15) is 0 Å². The first-order chi connectivity index (χ1) is 12.8. The topological polar surface area (TPSA) is 26.3 Å². The van der Waals surface area contributed by atoms with Gasteiger partial charge in [-0.1, -0.05) is 110 Å². The van der Waals surface area contributed by atoms with E-state index in [0.29, 0.717) is 6.42 Å². The minimum atomic E-state index is -1.69. The highest BCUT2D eigenvalue weighted by Gasteiger charge is 2.19. The van der Waals surface area contributed by atoms with Crippen LogP contribution in [0.3, 0.4) is 0 Å². The quantitative estimate of drug-likeness (QED) is 0.161. The van der Waals surface area contributed by atoms with Gasteiger partial charge in [0.1, 0.15) is 0 Å². The van der Waals surface area contributed by atoms with Crippen molar-refractivity contribution >= 4 is 14.3 Å². The van der Waals surface area contributed by atoms with Crippen LogP contribution in [-0.2, 0) is 9.22 Å². The van der Waals surface area contributed by atoms with Crippen molar-refractivity contribution in [1.29, 1.82) is 0 Å². The second-order valence-electron chi connectivity index (χ2n) is 9.62. The summed E-state index contributed by atoms with van der Waals surface area (Å²) in [5, 5.41) is 0. The molecule has 0 bridgehead atoms. The zero-order chi connectivity index (χ0) is 20.4. The molecular weight excluding hydrogens is 348 g/mol. The molecule has 0 heterocycles.